The van der Waals surface area contributed by atoms with Gasteiger partial charge in [0.2, 0.25) is 0 Å². The van der Waals surface area contributed by atoms with Gasteiger partial charge in [0.05, 0.1) is 6.20 Å². The third kappa shape index (κ3) is 3.75. The van der Waals surface area contributed by atoms with Crippen molar-refractivity contribution in [2.75, 3.05) is 6.54 Å². The molecule has 1 aliphatic carbocycles. The molecule has 0 aromatic carbocycles. The summed E-state index contributed by atoms with van der Waals surface area (Å²) in [6.07, 6.45) is 8.48. The Labute approximate surface area is 108 Å². The summed E-state index contributed by atoms with van der Waals surface area (Å²) < 4.78 is 0. The highest BCUT2D eigenvalue weighted by Crippen LogP contribution is 2.17. The van der Waals surface area contributed by atoms with Gasteiger partial charge in [0, 0.05) is 18.3 Å². The normalized spacial score (nSPS) is 15.8. The maximum absolute atomic E-state index is 11.6. The van der Waals surface area contributed by atoms with Crippen molar-refractivity contribution in [1.82, 2.24) is 20.8 Å². The van der Waals surface area contributed by atoms with Crippen molar-refractivity contribution >= 4 is 6.03 Å². The number of hydrogen-bond acceptors (Lipinski definition) is 2. The van der Waals surface area contributed by atoms with E-state index >= 15 is 0 Å². The average molecular weight is 250 g/mol. The van der Waals surface area contributed by atoms with Gasteiger partial charge < -0.3 is 10.6 Å². The van der Waals surface area contributed by atoms with Gasteiger partial charge in [-0.3, -0.25) is 5.10 Å². The van der Waals surface area contributed by atoms with Gasteiger partial charge in [0.1, 0.15) is 0 Å². The Kier molecular flexibility index (Phi) is 4.61. The molecule has 0 radical (unpaired) electrons. The zero-order valence-electron chi connectivity index (χ0n) is 11.0. The Morgan fingerprint density at radius 2 is 2.28 bits per heavy atom. The summed E-state index contributed by atoms with van der Waals surface area (Å²) >= 11 is 0. The van der Waals surface area contributed by atoms with Gasteiger partial charge in [-0.05, 0) is 38.2 Å². The topological polar surface area (TPSA) is 69.8 Å². The molecule has 0 atom stereocenters. The van der Waals surface area contributed by atoms with Crippen LogP contribution >= 0.6 is 0 Å². The lowest BCUT2D eigenvalue weighted by atomic mass is 10.1. The SMILES string of the molecule is Cc1[nH]ncc1CCCNC(=O)NC1CCCC1. The van der Waals surface area contributed by atoms with E-state index in [0.29, 0.717) is 12.6 Å². The van der Waals surface area contributed by atoms with Crippen LogP contribution in [0.4, 0.5) is 4.79 Å². The standard InChI is InChI=1S/C13H22N4O/c1-10-11(9-15-17-10)5-4-8-14-13(18)16-12-6-2-3-7-12/h9,12H,2-8H2,1H3,(H,15,17)(H2,14,16,18). The van der Waals surface area contributed by atoms with Gasteiger partial charge >= 0.3 is 6.03 Å². The highest BCUT2D eigenvalue weighted by atomic mass is 16.2. The first kappa shape index (κ1) is 12.9. The van der Waals surface area contributed by atoms with Crippen molar-refractivity contribution in [3.8, 4) is 0 Å². The summed E-state index contributed by atoms with van der Waals surface area (Å²) in [6.45, 7) is 2.73. The zero-order valence-corrected chi connectivity index (χ0v) is 11.0. The summed E-state index contributed by atoms with van der Waals surface area (Å²) in [7, 11) is 0. The van der Waals surface area contributed by atoms with Crippen molar-refractivity contribution in [2.45, 2.75) is 51.5 Å². The first-order chi connectivity index (χ1) is 8.75. The van der Waals surface area contributed by atoms with Crippen molar-refractivity contribution in [1.29, 1.82) is 0 Å². The minimum atomic E-state index is -0.0224. The van der Waals surface area contributed by atoms with E-state index in [1.165, 1.54) is 18.4 Å². The van der Waals surface area contributed by atoms with Gasteiger partial charge in [-0.25, -0.2) is 4.79 Å². The second-order valence-corrected chi connectivity index (χ2v) is 5.01. The summed E-state index contributed by atoms with van der Waals surface area (Å²) in [5.41, 5.74) is 2.35. The molecule has 5 nitrogen and oxygen atoms in total. The van der Waals surface area contributed by atoms with E-state index in [4.69, 9.17) is 0 Å². The largest absolute Gasteiger partial charge is 0.338 e. The van der Waals surface area contributed by atoms with Gasteiger partial charge in [0.15, 0.2) is 0 Å². The first-order valence-corrected chi connectivity index (χ1v) is 6.79. The van der Waals surface area contributed by atoms with E-state index in [-0.39, 0.29) is 6.03 Å². The summed E-state index contributed by atoms with van der Waals surface area (Å²) in [5, 5.41) is 12.8. The average Bonchev–Trinajstić information content (AvgIpc) is 2.97. The third-order valence-electron chi connectivity index (χ3n) is 3.53. The fraction of sp³-hybridized carbons (Fsp3) is 0.692. The van der Waals surface area contributed by atoms with Crippen LogP contribution in [0.3, 0.4) is 0 Å². The number of amides is 2. The molecule has 1 aliphatic rings. The van der Waals surface area contributed by atoms with Gasteiger partial charge in [-0.1, -0.05) is 12.8 Å². The number of aromatic amines is 1. The second-order valence-electron chi connectivity index (χ2n) is 5.01. The molecule has 0 saturated heterocycles. The molecule has 18 heavy (non-hydrogen) atoms. The molecule has 1 fully saturated rings. The number of rotatable bonds is 5. The smallest absolute Gasteiger partial charge is 0.315 e. The van der Waals surface area contributed by atoms with Crippen molar-refractivity contribution in [3.63, 3.8) is 0 Å². The fourth-order valence-electron chi connectivity index (χ4n) is 2.42. The maximum Gasteiger partial charge on any atom is 0.315 e. The van der Waals surface area contributed by atoms with Crippen LogP contribution in [0.1, 0.15) is 43.4 Å². The summed E-state index contributed by atoms with van der Waals surface area (Å²) in [6, 6.07) is 0.368. The van der Waals surface area contributed by atoms with E-state index in [9.17, 15) is 4.79 Å². The van der Waals surface area contributed by atoms with Crippen molar-refractivity contribution < 1.29 is 4.79 Å². The molecule has 1 saturated carbocycles. The number of nitrogens with one attached hydrogen (secondary N) is 3. The van der Waals surface area contributed by atoms with E-state index in [0.717, 1.165) is 31.4 Å². The van der Waals surface area contributed by atoms with Gasteiger partial charge in [-0.2, -0.15) is 5.10 Å². The van der Waals surface area contributed by atoms with Crippen LogP contribution in [0.15, 0.2) is 6.20 Å². The Bertz CT molecular complexity index is 382. The maximum atomic E-state index is 11.6. The minimum Gasteiger partial charge on any atom is -0.338 e. The molecule has 0 bridgehead atoms. The molecule has 5 heteroatoms. The van der Waals surface area contributed by atoms with Crippen LogP contribution in [-0.4, -0.2) is 28.8 Å². The van der Waals surface area contributed by atoms with E-state index in [1.807, 2.05) is 13.1 Å². The number of carbonyl (C=O) groups excluding carboxylic acids is 1. The molecule has 0 aliphatic heterocycles. The highest BCUT2D eigenvalue weighted by Gasteiger charge is 2.16. The first-order valence-electron chi connectivity index (χ1n) is 6.79. The molecule has 1 aromatic rings. The molecular weight excluding hydrogens is 228 g/mol. The van der Waals surface area contributed by atoms with Crippen LogP contribution in [0, 0.1) is 6.92 Å². The van der Waals surface area contributed by atoms with Crippen LogP contribution in [0.2, 0.25) is 0 Å². The molecule has 1 heterocycles. The quantitative estimate of drug-likeness (QED) is 0.698. The Morgan fingerprint density at radius 3 is 2.94 bits per heavy atom. The molecule has 100 valence electrons. The molecule has 0 unspecified atom stereocenters. The number of H-pyrrole nitrogens is 1. The van der Waals surface area contributed by atoms with Crippen molar-refractivity contribution in [2.24, 2.45) is 0 Å². The second kappa shape index (κ2) is 6.42. The van der Waals surface area contributed by atoms with Gasteiger partial charge in [0.25, 0.3) is 0 Å². The molecule has 2 amide bonds. The highest BCUT2D eigenvalue weighted by molar-refractivity contribution is 5.74. The van der Waals surface area contributed by atoms with Crippen LogP contribution in [0.5, 0.6) is 0 Å². The number of hydrogen-bond donors (Lipinski definition) is 3. The Balaban J connectivity index is 1.57. The monoisotopic (exact) mass is 250 g/mol. The molecule has 2 rings (SSSR count). The molecule has 1 aromatic heterocycles. The third-order valence-corrected chi connectivity index (χ3v) is 3.53. The summed E-state index contributed by atoms with van der Waals surface area (Å²) in [5.74, 6) is 0. The Hall–Kier alpha value is -1.52. The number of aryl methyl sites for hydroxylation is 2. The van der Waals surface area contributed by atoms with Crippen molar-refractivity contribution in [3.05, 3.63) is 17.5 Å². The van der Waals surface area contributed by atoms with Crippen LogP contribution in [0.25, 0.3) is 0 Å². The summed E-state index contributed by atoms with van der Waals surface area (Å²) in [4.78, 5) is 11.6. The Morgan fingerprint density at radius 1 is 1.50 bits per heavy atom. The van der Waals surface area contributed by atoms with Crippen LogP contribution in [-0.2, 0) is 6.42 Å². The minimum absolute atomic E-state index is 0.0224. The number of carbonyl (C=O) groups is 1. The number of aromatic nitrogens is 2. The lowest BCUT2D eigenvalue weighted by Gasteiger charge is -2.12. The van der Waals surface area contributed by atoms with Gasteiger partial charge in [-0.15, -0.1) is 0 Å². The lowest BCUT2D eigenvalue weighted by molar-refractivity contribution is 0.237. The number of nitrogens with zero attached hydrogens (tertiary/aromatic N) is 1. The van der Waals surface area contributed by atoms with Crippen LogP contribution < -0.4 is 10.6 Å². The molecule has 0 spiro atoms. The lowest BCUT2D eigenvalue weighted by Crippen LogP contribution is -2.41. The van der Waals surface area contributed by atoms with E-state index < -0.39 is 0 Å². The fourth-order valence-corrected chi connectivity index (χ4v) is 2.42. The predicted molar refractivity (Wildman–Crippen MR) is 70.4 cm³/mol. The molecular formula is C13H22N4O. The zero-order chi connectivity index (χ0) is 12.8. The van der Waals surface area contributed by atoms with E-state index in [1.54, 1.807) is 0 Å². The number of urea groups is 1. The van der Waals surface area contributed by atoms with E-state index in [2.05, 4.69) is 20.8 Å². The molecule has 3 N–H and O–H groups in total. The predicted octanol–water partition coefficient (Wildman–Crippen LogP) is 1.89.